The van der Waals surface area contributed by atoms with Gasteiger partial charge in [0.1, 0.15) is 6.04 Å². The second kappa shape index (κ2) is 6.24. The van der Waals surface area contributed by atoms with Crippen LogP contribution in [0.25, 0.3) is 0 Å². The van der Waals surface area contributed by atoms with Crippen LogP contribution in [-0.2, 0) is 4.79 Å². The Morgan fingerprint density at radius 2 is 2.20 bits per heavy atom. The molecule has 0 bridgehead atoms. The van der Waals surface area contributed by atoms with Crippen LogP contribution in [0.5, 0.6) is 0 Å². The first kappa shape index (κ1) is 15.5. The van der Waals surface area contributed by atoms with Crippen molar-refractivity contribution in [3.63, 3.8) is 0 Å². The number of nitrogens with zero attached hydrogens (tertiary/aromatic N) is 1. The average molecular weight is 300 g/mol. The Kier molecular flexibility index (Phi) is 4.83. The molecule has 0 spiro atoms. The summed E-state index contributed by atoms with van der Waals surface area (Å²) in [5, 5.41) is 12.3. The molecule has 0 aromatic carbocycles. The van der Waals surface area contributed by atoms with Gasteiger partial charge in [-0.2, -0.15) is 11.8 Å². The van der Waals surface area contributed by atoms with Gasteiger partial charge < -0.3 is 15.3 Å². The third-order valence-electron chi connectivity index (χ3n) is 4.36. The van der Waals surface area contributed by atoms with Gasteiger partial charge in [0.05, 0.1) is 0 Å². The van der Waals surface area contributed by atoms with E-state index >= 15 is 0 Å². The van der Waals surface area contributed by atoms with Gasteiger partial charge in [0, 0.05) is 17.8 Å². The molecule has 2 heterocycles. The number of hydrogen-bond donors (Lipinski definition) is 2. The molecule has 0 radical (unpaired) electrons. The van der Waals surface area contributed by atoms with E-state index in [0.717, 1.165) is 25.0 Å². The van der Waals surface area contributed by atoms with Crippen molar-refractivity contribution >= 4 is 23.8 Å². The third-order valence-corrected chi connectivity index (χ3v) is 5.90. The maximum Gasteiger partial charge on any atom is 0.326 e. The quantitative estimate of drug-likeness (QED) is 0.838. The molecule has 2 aliphatic heterocycles. The molecule has 3 atom stereocenters. The maximum absolute atomic E-state index is 12.3. The number of rotatable bonds is 3. The van der Waals surface area contributed by atoms with E-state index in [1.54, 1.807) is 0 Å². The number of aliphatic carboxylic acids is 1. The van der Waals surface area contributed by atoms with E-state index in [2.05, 4.69) is 12.2 Å². The summed E-state index contributed by atoms with van der Waals surface area (Å²) >= 11 is 1.89. The first-order chi connectivity index (χ1) is 9.43. The fraction of sp³-hybridized carbons (Fsp3) is 0.857. The molecule has 6 heteroatoms. The minimum atomic E-state index is -0.895. The van der Waals surface area contributed by atoms with E-state index in [1.165, 1.54) is 11.3 Å². The highest BCUT2D eigenvalue weighted by atomic mass is 32.2. The lowest BCUT2D eigenvalue weighted by molar-refractivity contribution is -0.145. The van der Waals surface area contributed by atoms with Gasteiger partial charge in [-0.25, -0.2) is 9.59 Å². The van der Waals surface area contributed by atoms with Crippen LogP contribution >= 0.6 is 11.8 Å². The highest BCUT2D eigenvalue weighted by Gasteiger charge is 2.38. The van der Waals surface area contributed by atoms with Crippen LogP contribution in [0.1, 0.15) is 39.5 Å². The van der Waals surface area contributed by atoms with Crippen molar-refractivity contribution < 1.29 is 14.7 Å². The standard InChI is InChI=1S/C14H24N2O3S/c1-10-5-3-7-16(11(10)12(17)18)13(19)15-9-14(2)6-4-8-20-14/h10-11H,3-9H2,1-2H3,(H,15,19)(H,17,18). The molecule has 2 fully saturated rings. The Morgan fingerprint density at radius 3 is 2.80 bits per heavy atom. The molecule has 114 valence electrons. The van der Waals surface area contributed by atoms with E-state index in [9.17, 15) is 14.7 Å². The van der Waals surface area contributed by atoms with Crippen molar-refractivity contribution in [3.05, 3.63) is 0 Å². The van der Waals surface area contributed by atoms with E-state index in [0.29, 0.717) is 13.1 Å². The van der Waals surface area contributed by atoms with Crippen LogP contribution in [0.3, 0.4) is 0 Å². The van der Waals surface area contributed by atoms with E-state index in [1.807, 2.05) is 18.7 Å². The summed E-state index contributed by atoms with van der Waals surface area (Å²) in [7, 11) is 0. The summed E-state index contributed by atoms with van der Waals surface area (Å²) in [6.07, 6.45) is 4.05. The van der Waals surface area contributed by atoms with Crippen molar-refractivity contribution in [1.82, 2.24) is 10.2 Å². The molecular weight excluding hydrogens is 276 g/mol. The Bertz CT molecular complexity index is 383. The fourth-order valence-corrected chi connectivity index (χ4v) is 4.38. The summed E-state index contributed by atoms with van der Waals surface area (Å²) in [6.45, 7) is 5.23. The highest BCUT2D eigenvalue weighted by molar-refractivity contribution is 8.00. The maximum atomic E-state index is 12.3. The largest absolute Gasteiger partial charge is 0.480 e. The van der Waals surface area contributed by atoms with Crippen molar-refractivity contribution in [3.8, 4) is 0 Å². The highest BCUT2D eigenvalue weighted by Crippen LogP contribution is 2.37. The molecule has 20 heavy (non-hydrogen) atoms. The Hall–Kier alpha value is -0.910. The van der Waals surface area contributed by atoms with Crippen LogP contribution in [0.4, 0.5) is 4.79 Å². The summed E-state index contributed by atoms with van der Waals surface area (Å²) in [5.74, 6) is 0.266. The molecule has 2 aliphatic rings. The minimum absolute atomic E-state index is 0.0171. The smallest absolute Gasteiger partial charge is 0.326 e. The van der Waals surface area contributed by atoms with Gasteiger partial charge in [0.15, 0.2) is 0 Å². The monoisotopic (exact) mass is 300 g/mol. The van der Waals surface area contributed by atoms with Gasteiger partial charge in [-0.3, -0.25) is 0 Å². The number of carboxylic acids is 1. The fourth-order valence-electron chi connectivity index (χ4n) is 3.13. The van der Waals surface area contributed by atoms with Crippen LogP contribution in [0.15, 0.2) is 0 Å². The molecular formula is C14H24N2O3S. The number of hydrogen-bond acceptors (Lipinski definition) is 3. The van der Waals surface area contributed by atoms with Crippen LogP contribution in [-0.4, -0.2) is 51.6 Å². The van der Waals surface area contributed by atoms with Gasteiger partial charge in [-0.05, 0) is 44.3 Å². The summed E-state index contributed by atoms with van der Waals surface area (Å²) in [4.78, 5) is 25.2. The lowest BCUT2D eigenvalue weighted by Gasteiger charge is -2.37. The first-order valence-corrected chi connectivity index (χ1v) is 8.33. The number of urea groups is 1. The molecule has 0 aromatic heterocycles. The van der Waals surface area contributed by atoms with Crippen molar-refractivity contribution in [2.24, 2.45) is 5.92 Å². The second-order valence-corrected chi connectivity index (χ2v) is 7.84. The summed E-state index contributed by atoms with van der Waals surface area (Å²) in [5.41, 5.74) is 0. The number of carbonyl (C=O) groups is 2. The molecule has 5 nitrogen and oxygen atoms in total. The van der Waals surface area contributed by atoms with E-state index in [4.69, 9.17) is 0 Å². The van der Waals surface area contributed by atoms with Gasteiger partial charge in [0.25, 0.3) is 0 Å². The van der Waals surface area contributed by atoms with Crippen molar-refractivity contribution in [2.45, 2.75) is 50.3 Å². The molecule has 0 aromatic rings. The van der Waals surface area contributed by atoms with Gasteiger partial charge in [0.2, 0.25) is 0 Å². The summed E-state index contributed by atoms with van der Waals surface area (Å²) in [6, 6.07) is -0.912. The predicted molar refractivity (Wildman–Crippen MR) is 80.0 cm³/mol. The minimum Gasteiger partial charge on any atom is -0.480 e. The number of piperidine rings is 1. The van der Waals surface area contributed by atoms with E-state index < -0.39 is 12.0 Å². The molecule has 2 amide bonds. The molecule has 2 N–H and O–H groups in total. The molecule has 0 saturated carbocycles. The third kappa shape index (κ3) is 3.40. The topological polar surface area (TPSA) is 69.6 Å². The van der Waals surface area contributed by atoms with Crippen LogP contribution < -0.4 is 5.32 Å². The summed E-state index contributed by atoms with van der Waals surface area (Å²) < 4.78 is 0.107. The van der Waals surface area contributed by atoms with Gasteiger partial charge in [-0.15, -0.1) is 0 Å². The number of carbonyl (C=O) groups excluding carboxylic acids is 1. The second-order valence-electron chi connectivity index (χ2n) is 6.16. The molecule has 0 aliphatic carbocycles. The number of carboxylic acid groups (broad SMARTS) is 1. The lowest BCUT2D eigenvalue weighted by atomic mass is 9.91. The molecule has 3 unspecified atom stereocenters. The Labute approximate surface area is 124 Å². The van der Waals surface area contributed by atoms with Gasteiger partial charge >= 0.3 is 12.0 Å². The Balaban J connectivity index is 1.94. The molecule has 2 rings (SSSR count). The zero-order valence-electron chi connectivity index (χ0n) is 12.2. The van der Waals surface area contributed by atoms with Crippen molar-refractivity contribution in [2.75, 3.05) is 18.8 Å². The molecule has 2 saturated heterocycles. The number of amides is 2. The van der Waals surface area contributed by atoms with Crippen molar-refractivity contribution in [1.29, 1.82) is 0 Å². The number of nitrogens with one attached hydrogen (secondary N) is 1. The number of thioether (sulfide) groups is 1. The van der Waals surface area contributed by atoms with Crippen LogP contribution in [0.2, 0.25) is 0 Å². The average Bonchev–Trinajstić information content (AvgIpc) is 2.82. The zero-order chi connectivity index (χ0) is 14.8. The lowest BCUT2D eigenvalue weighted by Crippen LogP contribution is -2.56. The van der Waals surface area contributed by atoms with Crippen LogP contribution in [0, 0.1) is 5.92 Å². The zero-order valence-corrected chi connectivity index (χ0v) is 13.0. The van der Waals surface area contributed by atoms with E-state index in [-0.39, 0.29) is 16.7 Å². The predicted octanol–water partition coefficient (Wildman–Crippen LogP) is 2.17. The SMILES string of the molecule is CC1CCCN(C(=O)NCC2(C)CCCS2)C1C(=O)O. The first-order valence-electron chi connectivity index (χ1n) is 7.34. The number of likely N-dealkylation sites (tertiary alicyclic amines) is 1. The van der Waals surface area contributed by atoms with Gasteiger partial charge in [-0.1, -0.05) is 6.92 Å². The Morgan fingerprint density at radius 1 is 1.45 bits per heavy atom. The normalized spacial score (nSPS) is 34.0.